The fourth-order valence-corrected chi connectivity index (χ4v) is 2.66. The van der Waals surface area contributed by atoms with Gasteiger partial charge in [0.25, 0.3) is 11.6 Å². The van der Waals surface area contributed by atoms with Crippen LogP contribution in [0.1, 0.15) is 21.5 Å². The van der Waals surface area contributed by atoms with E-state index >= 15 is 0 Å². The number of rotatable bonds is 8. The van der Waals surface area contributed by atoms with E-state index in [0.717, 1.165) is 11.3 Å². The van der Waals surface area contributed by atoms with E-state index in [1.165, 1.54) is 30.5 Å². The second-order valence-electron chi connectivity index (χ2n) is 6.78. The molecular formula is C23H20N4O5. The molecule has 3 rings (SSSR count). The molecule has 9 nitrogen and oxygen atoms in total. The van der Waals surface area contributed by atoms with Crippen LogP contribution in [0.2, 0.25) is 0 Å². The molecule has 0 unspecified atom stereocenters. The van der Waals surface area contributed by atoms with Gasteiger partial charge in [-0.15, -0.1) is 0 Å². The van der Waals surface area contributed by atoms with Crippen molar-refractivity contribution in [1.29, 1.82) is 0 Å². The molecule has 9 heteroatoms. The van der Waals surface area contributed by atoms with Gasteiger partial charge in [-0.3, -0.25) is 14.9 Å². The van der Waals surface area contributed by atoms with Gasteiger partial charge in [-0.1, -0.05) is 12.1 Å². The number of aryl methyl sites for hydroxylation is 1. The number of nitrogens with one attached hydrogen (secondary N) is 2. The van der Waals surface area contributed by atoms with Gasteiger partial charge in [0.05, 0.1) is 23.2 Å². The highest BCUT2D eigenvalue weighted by Crippen LogP contribution is 2.16. The average molecular weight is 432 g/mol. The SMILES string of the molecule is Cc1cccc(NCC(=O)N/N=C\c2ccc(OC(=O)c3ccc([N+](=O)[O-])cc3)cc2)c1. The predicted molar refractivity (Wildman–Crippen MR) is 120 cm³/mol. The Bertz CT molecular complexity index is 1140. The Morgan fingerprint density at radius 1 is 1.06 bits per heavy atom. The summed E-state index contributed by atoms with van der Waals surface area (Å²) >= 11 is 0. The van der Waals surface area contributed by atoms with Crippen molar-refractivity contribution in [1.82, 2.24) is 5.43 Å². The molecule has 3 aromatic carbocycles. The Morgan fingerprint density at radius 2 is 1.78 bits per heavy atom. The van der Waals surface area contributed by atoms with Gasteiger partial charge in [-0.25, -0.2) is 10.2 Å². The molecule has 0 bridgehead atoms. The summed E-state index contributed by atoms with van der Waals surface area (Å²) < 4.78 is 5.25. The predicted octanol–water partition coefficient (Wildman–Crippen LogP) is 3.68. The number of amides is 1. The van der Waals surface area contributed by atoms with Crippen LogP contribution >= 0.6 is 0 Å². The molecule has 0 fully saturated rings. The topological polar surface area (TPSA) is 123 Å². The van der Waals surface area contributed by atoms with E-state index in [-0.39, 0.29) is 23.7 Å². The van der Waals surface area contributed by atoms with Gasteiger partial charge in [0.1, 0.15) is 5.75 Å². The van der Waals surface area contributed by atoms with Crippen molar-refractivity contribution >= 4 is 29.5 Å². The lowest BCUT2D eigenvalue weighted by atomic mass is 10.2. The van der Waals surface area contributed by atoms with Crippen LogP contribution in [0.4, 0.5) is 11.4 Å². The van der Waals surface area contributed by atoms with Gasteiger partial charge in [-0.2, -0.15) is 5.10 Å². The Balaban J connectivity index is 1.47. The number of nitro benzene ring substituents is 1. The molecule has 0 aromatic heterocycles. The van der Waals surface area contributed by atoms with E-state index < -0.39 is 10.9 Å². The molecule has 2 N–H and O–H groups in total. The van der Waals surface area contributed by atoms with E-state index in [2.05, 4.69) is 15.8 Å². The molecular weight excluding hydrogens is 412 g/mol. The van der Waals surface area contributed by atoms with Crippen LogP contribution in [-0.2, 0) is 4.79 Å². The van der Waals surface area contributed by atoms with Gasteiger partial charge >= 0.3 is 5.97 Å². The van der Waals surface area contributed by atoms with Gasteiger partial charge in [0, 0.05) is 17.8 Å². The minimum absolute atomic E-state index is 0.0817. The summed E-state index contributed by atoms with van der Waals surface area (Å²) in [6.07, 6.45) is 1.46. The van der Waals surface area contributed by atoms with E-state index in [1.54, 1.807) is 24.3 Å². The lowest BCUT2D eigenvalue weighted by molar-refractivity contribution is -0.384. The average Bonchev–Trinajstić information content (AvgIpc) is 2.79. The molecule has 32 heavy (non-hydrogen) atoms. The third-order valence-corrected chi connectivity index (χ3v) is 4.28. The zero-order chi connectivity index (χ0) is 22.9. The fraction of sp³-hybridized carbons (Fsp3) is 0.0870. The Kier molecular flexibility index (Phi) is 7.26. The minimum atomic E-state index is -0.630. The van der Waals surface area contributed by atoms with E-state index in [0.29, 0.717) is 11.3 Å². The summed E-state index contributed by atoms with van der Waals surface area (Å²) in [7, 11) is 0. The third-order valence-electron chi connectivity index (χ3n) is 4.28. The van der Waals surface area contributed by atoms with Gasteiger partial charge in [-0.05, 0) is 66.6 Å². The molecule has 0 aliphatic carbocycles. The molecule has 3 aromatic rings. The van der Waals surface area contributed by atoms with E-state index in [9.17, 15) is 19.7 Å². The largest absolute Gasteiger partial charge is 0.423 e. The fourth-order valence-electron chi connectivity index (χ4n) is 2.66. The molecule has 0 aliphatic rings. The van der Waals surface area contributed by atoms with Crippen molar-refractivity contribution in [3.05, 3.63) is 99.6 Å². The molecule has 1 amide bonds. The van der Waals surface area contributed by atoms with Crippen molar-refractivity contribution < 1.29 is 19.2 Å². The first kappa shape index (κ1) is 22.2. The number of hydrazone groups is 1. The summed E-state index contributed by atoms with van der Waals surface area (Å²) in [5, 5.41) is 17.6. The number of non-ortho nitro benzene ring substituents is 1. The summed E-state index contributed by atoms with van der Waals surface area (Å²) in [5.41, 5.74) is 5.15. The first-order valence-corrected chi connectivity index (χ1v) is 9.60. The number of benzene rings is 3. The standard InChI is InChI=1S/C23H20N4O5/c1-16-3-2-4-19(13-16)24-15-22(28)26-25-14-17-5-11-21(12-6-17)32-23(29)18-7-9-20(10-8-18)27(30)31/h2-14,24H,15H2,1H3,(H,26,28)/b25-14-. The number of hydrogen-bond acceptors (Lipinski definition) is 7. The highest BCUT2D eigenvalue weighted by atomic mass is 16.6. The maximum absolute atomic E-state index is 12.1. The molecule has 0 spiro atoms. The normalized spacial score (nSPS) is 10.5. The number of carbonyl (C=O) groups excluding carboxylic acids is 2. The first-order valence-electron chi connectivity index (χ1n) is 9.60. The highest BCUT2D eigenvalue weighted by Gasteiger charge is 2.11. The summed E-state index contributed by atoms with van der Waals surface area (Å²) in [6, 6.07) is 19.3. The summed E-state index contributed by atoms with van der Waals surface area (Å²) in [4.78, 5) is 34.1. The van der Waals surface area contributed by atoms with Crippen molar-refractivity contribution in [2.24, 2.45) is 5.10 Å². The monoisotopic (exact) mass is 432 g/mol. The number of anilines is 1. The second-order valence-corrected chi connectivity index (χ2v) is 6.78. The third kappa shape index (κ3) is 6.49. The van der Waals surface area contributed by atoms with Crippen molar-refractivity contribution in [2.45, 2.75) is 6.92 Å². The van der Waals surface area contributed by atoms with Gasteiger partial charge in [0.15, 0.2) is 0 Å². The summed E-state index contributed by atoms with van der Waals surface area (Å²) in [6.45, 7) is 2.05. The molecule has 0 atom stereocenters. The van der Waals surface area contributed by atoms with Crippen molar-refractivity contribution in [3.63, 3.8) is 0 Å². The number of nitro groups is 1. The Labute approximate surface area is 183 Å². The highest BCUT2D eigenvalue weighted by molar-refractivity contribution is 5.91. The lowest BCUT2D eigenvalue weighted by Crippen LogP contribution is -2.25. The van der Waals surface area contributed by atoms with Gasteiger partial charge in [0.2, 0.25) is 0 Å². The number of ether oxygens (including phenoxy) is 1. The quantitative estimate of drug-likeness (QED) is 0.184. The van der Waals surface area contributed by atoms with E-state index in [1.807, 2.05) is 31.2 Å². The molecule has 0 saturated carbocycles. The molecule has 0 radical (unpaired) electrons. The first-order chi connectivity index (χ1) is 15.4. The zero-order valence-corrected chi connectivity index (χ0v) is 17.1. The van der Waals surface area contributed by atoms with Crippen LogP contribution in [0.25, 0.3) is 0 Å². The minimum Gasteiger partial charge on any atom is -0.423 e. The molecule has 0 aliphatic heterocycles. The Morgan fingerprint density at radius 3 is 2.44 bits per heavy atom. The smallest absolute Gasteiger partial charge is 0.343 e. The number of hydrogen-bond donors (Lipinski definition) is 2. The Hall–Kier alpha value is -4.53. The van der Waals surface area contributed by atoms with Crippen LogP contribution in [0.5, 0.6) is 5.75 Å². The van der Waals surface area contributed by atoms with Crippen LogP contribution in [-0.4, -0.2) is 29.6 Å². The zero-order valence-electron chi connectivity index (χ0n) is 17.1. The van der Waals surface area contributed by atoms with Crippen molar-refractivity contribution in [2.75, 3.05) is 11.9 Å². The molecule has 0 heterocycles. The summed E-state index contributed by atoms with van der Waals surface area (Å²) in [5.74, 6) is -0.622. The number of esters is 1. The second kappa shape index (κ2) is 10.5. The van der Waals surface area contributed by atoms with E-state index in [4.69, 9.17) is 4.74 Å². The van der Waals surface area contributed by atoms with Crippen LogP contribution in [0.3, 0.4) is 0 Å². The van der Waals surface area contributed by atoms with Crippen LogP contribution < -0.4 is 15.5 Å². The molecule has 162 valence electrons. The molecule has 0 saturated heterocycles. The lowest BCUT2D eigenvalue weighted by Gasteiger charge is -2.06. The maximum atomic E-state index is 12.1. The van der Waals surface area contributed by atoms with Gasteiger partial charge < -0.3 is 10.1 Å². The maximum Gasteiger partial charge on any atom is 0.343 e. The number of carbonyl (C=O) groups is 2. The van der Waals surface area contributed by atoms with Crippen LogP contribution in [0.15, 0.2) is 77.9 Å². The number of nitrogens with zero attached hydrogens (tertiary/aromatic N) is 2. The van der Waals surface area contributed by atoms with Crippen molar-refractivity contribution in [3.8, 4) is 5.75 Å². The van der Waals surface area contributed by atoms with Crippen LogP contribution in [0, 0.1) is 17.0 Å².